The largest absolute Gasteiger partial charge is 0.334 e. The molecule has 0 aromatic heterocycles. The summed E-state index contributed by atoms with van der Waals surface area (Å²) in [5.41, 5.74) is 0.888. The summed E-state index contributed by atoms with van der Waals surface area (Å²) >= 11 is 0. The lowest BCUT2D eigenvalue weighted by molar-refractivity contribution is -0.117. The maximum Gasteiger partial charge on any atom is 0.315 e. The smallest absolute Gasteiger partial charge is 0.315 e. The van der Waals surface area contributed by atoms with Crippen molar-refractivity contribution < 1.29 is 9.59 Å². The summed E-state index contributed by atoms with van der Waals surface area (Å²) in [4.78, 5) is 26.1. The molecule has 4 atom stereocenters. The number of nitrogens with zero attached hydrogens (tertiary/aromatic N) is 1. The molecule has 1 aromatic carbocycles. The molecule has 2 bridgehead atoms. The van der Waals surface area contributed by atoms with E-state index in [1.807, 2.05) is 30.3 Å². The van der Waals surface area contributed by atoms with Gasteiger partial charge in [0, 0.05) is 30.7 Å². The molecule has 2 heterocycles. The summed E-state index contributed by atoms with van der Waals surface area (Å²) in [5.74, 6) is 0.759. The van der Waals surface area contributed by atoms with E-state index in [9.17, 15) is 9.59 Å². The first-order valence-electron chi connectivity index (χ1n) is 8.35. The Morgan fingerprint density at radius 3 is 2.70 bits per heavy atom. The molecule has 2 saturated heterocycles. The molecule has 6 heteroatoms. The minimum atomic E-state index is -0.155. The van der Waals surface area contributed by atoms with Crippen LogP contribution in [0.2, 0.25) is 0 Å². The molecule has 0 spiro atoms. The first-order valence-corrected chi connectivity index (χ1v) is 8.35. The molecule has 4 rings (SSSR count). The summed E-state index contributed by atoms with van der Waals surface area (Å²) in [6.45, 7) is 1.61. The normalized spacial score (nSPS) is 32.3. The lowest BCUT2D eigenvalue weighted by Crippen LogP contribution is -2.53. The summed E-state index contributed by atoms with van der Waals surface area (Å²) in [5, 5.41) is 9.46. The van der Waals surface area contributed by atoms with Crippen LogP contribution in [0.5, 0.6) is 0 Å². The Balaban J connectivity index is 1.31. The molecule has 3 fully saturated rings. The third-order valence-corrected chi connectivity index (χ3v) is 5.17. The van der Waals surface area contributed by atoms with Gasteiger partial charge in [0.2, 0.25) is 5.91 Å². The minimum Gasteiger partial charge on any atom is -0.334 e. The number of hydrogen-bond donors (Lipinski definition) is 3. The van der Waals surface area contributed by atoms with Crippen LogP contribution in [0, 0.1) is 5.92 Å². The molecule has 1 unspecified atom stereocenters. The zero-order valence-corrected chi connectivity index (χ0v) is 13.0. The van der Waals surface area contributed by atoms with Crippen molar-refractivity contribution in [1.29, 1.82) is 0 Å². The summed E-state index contributed by atoms with van der Waals surface area (Å²) in [7, 11) is 0. The highest BCUT2D eigenvalue weighted by Crippen LogP contribution is 2.31. The topological polar surface area (TPSA) is 73.5 Å². The van der Waals surface area contributed by atoms with Crippen molar-refractivity contribution in [3.05, 3.63) is 30.3 Å². The molecule has 1 aliphatic carbocycles. The van der Waals surface area contributed by atoms with Crippen LogP contribution in [-0.4, -0.2) is 43.2 Å². The van der Waals surface area contributed by atoms with Gasteiger partial charge >= 0.3 is 6.03 Å². The molecule has 23 heavy (non-hydrogen) atoms. The van der Waals surface area contributed by atoms with E-state index in [1.54, 1.807) is 4.90 Å². The first-order chi connectivity index (χ1) is 11.2. The molecule has 2 aliphatic heterocycles. The van der Waals surface area contributed by atoms with Crippen LogP contribution >= 0.6 is 0 Å². The van der Waals surface area contributed by atoms with Gasteiger partial charge in [-0.25, -0.2) is 4.79 Å². The lowest BCUT2D eigenvalue weighted by Gasteiger charge is -2.25. The number of carbonyl (C=O) groups excluding carboxylic acids is 2. The van der Waals surface area contributed by atoms with E-state index in [0.717, 1.165) is 25.1 Å². The quantitative estimate of drug-likeness (QED) is 0.774. The van der Waals surface area contributed by atoms with Crippen LogP contribution in [0.25, 0.3) is 0 Å². The van der Waals surface area contributed by atoms with Crippen molar-refractivity contribution in [2.24, 2.45) is 5.92 Å². The van der Waals surface area contributed by atoms with Crippen LogP contribution in [0.15, 0.2) is 30.3 Å². The standard InChI is InChI=1S/C17H22N4O2/c22-16-8-12(10-21(16)13-4-2-1-3-5-13)19-17(23)20-15-7-11-6-14(15)18-9-11/h1-5,11-12,14-15,18H,6-10H2,(H2,19,20,23)/t11-,12?,14+,15+/m0/s1. The van der Waals surface area contributed by atoms with Gasteiger partial charge in [0.15, 0.2) is 0 Å². The van der Waals surface area contributed by atoms with Crippen LogP contribution in [-0.2, 0) is 4.79 Å². The molecule has 122 valence electrons. The molecular weight excluding hydrogens is 292 g/mol. The minimum absolute atomic E-state index is 0.0584. The fourth-order valence-electron chi connectivity index (χ4n) is 4.07. The molecule has 3 aliphatic rings. The van der Waals surface area contributed by atoms with E-state index in [2.05, 4.69) is 16.0 Å². The summed E-state index contributed by atoms with van der Waals surface area (Å²) in [6, 6.07) is 9.94. The van der Waals surface area contributed by atoms with Gasteiger partial charge in [-0.15, -0.1) is 0 Å². The average molecular weight is 314 g/mol. The van der Waals surface area contributed by atoms with Crippen molar-refractivity contribution in [2.45, 2.75) is 37.4 Å². The van der Waals surface area contributed by atoms with Gasteiger partial charge in [-0.1, -0.05) is 18.2 Å². The van der Waals surface area contributed by atoms with Crippen molar-refractivity contribution >= 4 is 17.6 Å². The van der Waals surface area contributed by atoms with E-state index in [0.29, 0.717) is 24.9 Å². The highest BCUT2D eigenvalue weighted by atomic mass is 16.2. The van der Waals surface area contributed by atoms with Crippen molar-refractivity contribution in [3.8, 4) is 0 Å². The fourth-order valence-corrected chi connectivity index (χ4v) is 4.07. The molecule has 3 N–H and O–H groups in total. The van der Waals surface area contributed by atoms with Crippen LogP contribution < -0.4 is 20.9 Å². The number of piperidine rings is 1. The number of rotatable bonds is 3. The molecule has 1 aromatic rings. The van der Waals surface area contributed by atoms with Gasteiger partial charge in [-0.05, 0) is 37.4 Å². The number of anilines is 1. The van der Waals surface area contributed by atoms with Gasteiger partial charge in [0.25, 0.3) is 0 Å². The van der Waals surface area contributed by atoms with Crippen molar-refractivity contribution in [2.75, 3.05) is 18.0 Å². The fraction of sp³-hybridized carbons (Fsp3) is 0.529. The van der Waals surface area contributed by atoms with E-state index in [4.69, 9.17) is 0 Å². The maximum absolute atomic E-state index is 12.2. The number of nitrogens with one attached hydrogen (secondary N) is 3. The van der Waals surface area contributed by atoms with Crippen molar-refractivity contribution in [1.82, 2.24) is 16.0 Å². The Bertz CT molecular complexity index is 606. The van der Waals surface area contributed by atoms with Gasteiger partial charge in [0.1, 0.15) is 0 Å². The summed E-state index contributed by atoms with van der Waals surface area (Å²) < 4.78 is 0. The maximum atomic E-state index is 12.2. The second-order valence-corrected chi connectivity index (χ2v) is 6.82. The number of fused-ring (bicyclic) bond motifs is 2. The van der Waals surface area contributed by atoms with Gasteiger partial charge in [0.05, 0.1) is 6.04 Å². The Hall–Kier alpha value is -2.08. The van der Waals surface area contributed by atoms with E-state index in [-0.39, 0.29) is 24.0 Å². The van der Waals surface area contributed by atoms with Gasteiger partial charge < -0.3 is 20.9 Å². The van der Waals surface area contributed by atoms with E-state index >= 15 is 0 Å². The zero-order valence-electron chi connectivity index (χ0n) is 13.0. The lowest BCUT2D eigenvalue weighted by atomic mass is 10.1. The molecule has 3 amide bonds. The van der Waals surface area contributed by atoms with Crippen LogP contribution in [0.3, 0.4) is 0 Å². The number of hydrogen-bond acceptors (Lipinski definition) is 3. The predicted octanol–water partition coefficient (Wildman–Crippen LogP) is 0.842. The Morgan fingerprint density at radius 2 is 2.00 bits per heavy atom. The van der Waals surface area contributed by atoms with Gasteiger partial charge in [-0.3, -0.25) is 4.79 Å². The molecule has 1 saturated carbocycles. The number of urea groups is 1. The van der Waals surface area contributed by atoms with E-state index in [1.165, 1.54) is 0 Å². The van der Waals surface area contributed by atoms with Gasteiger partial charge in [-0.2, -0.15) is 0 Å². The number of benzene rings is 1. The zero-order chi connectivity index (χ0) is 15.8. The second-order valence-electron chi connectivity index (χ2n) is 6.82. The van der Waals surface area contributed by atoms with E-state index < -0.39 is 0 Å². The molecule has 0 radical (unpaired) electrons. The van der Waals surface area contributed by atoms with Crippen LogP contribution in [0.1, 0.15) is 19.3 Å². The highest BCUT2D eigenvalue weighted by Gasteiger charge is 2.40. The third-order valence-electron chi connectivity index (χ3n) is 5.17. The summed E-state index contributed by atoms with van der Waals surface area (Å²) in [6.07, 6.45) is 2.58. The number of para-hydroxylation sites is 1. The molecule has 6 nitrogen and oxygen atoms in total. The van der Waals surface area contributed by atoms with Crippen molar-refractivity contribution in [3.63, 3.8) is 0 Å². The third kappa shape index (κ3) is 2.91. The predicted molar refractivity (Wildman–Crippen MR) is 87.2 cm³/mol. The Labute approximate surface area is 135 Å². The first kappa shape index (κ1) is 14.5. The second kappa shape index (κ2) is 5.85. The number of carbonyl (C=O) groups is 2. The monoisotopic (exact) mass is 314 g/mol. The van der Waals surface area contributed by atoms with Crippen LogP contribution in [0.4, 0.5) is 10.5 Å². The highest BCUT2D eigenvalue weighted by molar-refractivity contribution is 5.96. The molecular formula is C17H22N4O2. The average Bonchev–Trinajstić information content (AvgIpc) is 3.24. The SMILES string of the molecule is O=C(NC1CC(=O)N(c2ccccc2)C1)N[C@@H]1C[C@H]2CN[C@@H]1C2. The Kier molecular flexibility index (Phi) is 3.69. The Morgan fingerprint density at radius 1 is 1.17 bits per heavy atom. The number of amides is 3.